The molecule has 1 spiro atoms. The topological polar surface area (TPSA) is 64.6 Å². The number of nitrogens with zero attached hydrogens (tertiary/aromatic N) is 3. The van der Waals surface area contributed by atoms with Crippen LogP contribution < -0.4 is 0 Å². The van der Waals surface area contributed by atoms with E-state index in [0.717, 1.165) is 44.6 Å². The van der Waals surface area contributed by atoms with Crippen molar-refractivity contribution in [3.63, 3.8) is 0 Å². The number of carbonyl (C=O) groups excluding carboxylic acids is 1. The monoisotopic (exact) mass is 319 g/mol. The van der Waals surface area contributed by atoms with E-state index in [0.29, 0.717) is 24.9 Å². The summed E-state index contributed by atoms with van der Waals surface area (Å²) in [6.07, 6.45) is 7.12. The summed E-state index contributed by atoms with van der Waals surface area (Å²) in [6, 6.07) is 0. The number of ether oxygens (including phenoxy) is 2. The maximum Gasteiger partial charge on any atom is 0.274 e. The zero-order chi connectivity index (χ0) is 16.3. The minimum Gasteiger partial charge on any atom is -0.378 e. The van der Waals surface area contributed by atoms with Gasteiger partial charge in [-0.25, -0.2) is 4.98 Å². The van der Waals surface area contributed by atoms with Gasteiger partial charge in [0.25, 0.3) is 5.91 Å². The summed E-state index contributed by atoms with van der Waals surface area (Å²) >= 11 is 0. The Kier molecular flexibility index (Phi) is 4.92. The largest absolute Gasteiger partial charge is 0.378 e. The Labute approximate surface area is 137 Å². The fourth-order valence-electron chi connectivity index (χ4n) is 3.49. The van der Waals surface area contributed by atoms with Gasteiger partial charge in [0.05, 0.1) is 23.6 Å². The molecule has 6 nitrogen and oxygen atoms in total. The van der Waals surface area contributed by atoms with Gasteiger partial charge in [-0.1, -0.05) is 0 Å². The van der Waals surface area contributed by atoms with Crippen molar-refractivity contribution in [2.45, 2.75) is 51.2 Å². The lowest BCUT2D eigenvalue weighted by atomic mass is 9.83. The average Bonchev–Trinajstić information content (AvgIpc) is 2.56. The maximum atomic E-state index is 12.5. The van der Waals surface area contributed by atoms with Gasteiger partial charge in [-0.2, -0.15) is 0 Å². The highest BCUT2D eigenvalue weighted by Crippen LogP contribution is 2.36. The molecule has 1 amide bonds. The Bertz CT molecular complexity index is 537. The second-order valence-electron chi connectivity index (χ2n) is 6.44. The number of carbonyl (C=O) groups is 1. The highest BCUT2D eigenvalue weighted by Gasteiger charge is 2.41. The van der Waals surface area contributed by atoms with Gasteiger partial charge in [0, 0.05) is 38.9 Å². The molecule has 1 atom stereocenters. The van der Waals surface area contributed by atoms with E-state index in [4.69, 9.17) is 9.47 Å². The third-order valence-corrected chi connectivity index (χ3v) is 4.81. The summed E-state index contributed by atoms with van der Waals surface area (Å²) in [7, 11) is 0. The summed E-state index contributed by atoms with van der Waals surface area (Å²) < 4.78 is 11.9. The Balaban J connectivity index is 1.59. The molecule has 0 unspecified atom stereocenters. The molecule has 1 aromatic rings. The molecule has 0 bridgehead atoms. The second-order valence-corrected chi connectivity index (χ2v) is 6.44. The molecule has 0 radical (unpaired) electrons. The molecule has 0 aromatic carbocycles. The van der Waals surface area contributed by atoms with Crippen molar-refractivity contribution in [2.24, 2.45) is 0 Å². The Hall–Kier alpha value is -1.53. The van der Waals surface area contributed by atoms with Crippen LogP contribution in [0.2, 0.25) is 0 Å². The van der Waals surface area contributed by atoms with Crippen LogP contribution in [0.1, 0.15) is 48.8 Å². The van der Waals surface area contributed by atoms with Gasteiger partial charge >= 0.3 is 0 Å². The van der Waals surface area contributed by atoms with Crippen molar-refractivity contribution in [3.8, 4) is 0 Å². The number of piperidine rings is 1. The Morgan fingerprint density at radius 3 is 2.83 bits per heavy atom. The first-order valence-corrected chi connectivity index (χ1v) is 8.45. The predicted octanol–water partition coefficient (Wildman–Crippen LogP) is 1.98. The minimum atomic E-state index is -0.117. The van der Waals surface area contributed by atoms with E-state index in [2.05, 4.69) is 9.97 Å². The zero-order valence-corrected chi connectivity index (χ0v) is 14.0. The van der Waals surface area contributed by atoms with Gasteiger partial charge in [-0.15, -0.1) is 0 Å². The molecule has 2 aliphatic rings. The molecule has 2 aliphatic heterocycles. The summed E-state index contributed by atoms with van der Waals surface area (Å²) in [5.41, 5.74) is 1.12. The number of aryl methyl sites for hydroxylation is 1. The van der Waals surface area contributed by atoms with Crippen molar-refractivity contribution in [3.05, 3.63) is 23.8 Å². The molecule has 2 saturated heterocycles. The van der Waals surface area contributed by atoms with Gasteiger partial charge in [-0.05, 0) is 33.1 Å². The molecule has 3 heterocycles. The van der Waals surface area contributed by atoms with Crippen molar-refractivity contribution in [1.82, 2.24) is 14.9 Å². The lowest BCUT2D eigenvalue weighted by Gasteiger charge is -2.45. The fourth-order valence-corrected chi connectivity index (χ4v) is 3.49. The van der Waals surface area contributed by atoms with Crippen LogP contribution in [0.15, 0.2) is 12.4 Å². The second kappa shape index (κ2) is 6.93. The number of likely N-dealkylation sites (tertiary alicyclic amines) is 1. The third kappa shape index (κ3) is 3.70. The SMILES string of the molecule is CCO[C@@H]1CCOC2(CCN(C(=O)c3cnc(C)cn3)CC2)C1. The summed E-state index contributed by atoms with van der Waals surface area (Å²) in [6.45, 7) is 6.80. The minimum absolute atomic E-state index is 0.0375. The molecule has 2 fully saturated rings. The van der Waals surface area contributed by atoms with E-state index in [-0.39, 0.29) is 11.5 Å². The van der Waals surface area contributed by atoms with Crippen LogP contribution in [0.25, 0.3) is 0 Å². The number of amides is 1. The molecular weight excluding hydrogens is 294 g/mol. The highest BCUT2D eigenvalue weighted by molar-refractivity contribution is 5.92. The van der Waals surface area contributed by atoms with Gasteiger partial charge in [-0.3, -0.25) is 9.78 Å². The Morgan fingerprint density at radius 2 is 2.17 bits per heavy atom. The maximum absolute atomic E-state index is 12.5. The first kappa shape index (κ1) is 16.3. The van der Waals surface area contributed by atoms with Crippen molar-refractivity contribution < 1.29 is 14.3 Å². The molecule has 0 saturated carbocycles. The van der Waals surface area contributed by atoms with E-state index in [1.54, 1.807) is 12.4 Å². The van der Waals surface area contributed by atoms with Crippen LogP contribution in [0, 0.1) is 6.92 Å². The first-order valence-electron chi connectivity index (χ1n) is 8.45. The lowest BCUT2D eigenvalue weighted by molar-refractivity contribution is -0.151. The summed E-state index contributed by atoms with van der Waals surface area (Å²) in [5.74, 6) is -0.0375. The summed E-state index contributed by atoms with van der Waals surface area (Å²) in [4.78, 5) is 22.7. The van der Waals surface area contributed by atoms with E-state index >= 15 is 0 Å². The predicted molar refractivity (Wildman–Crippen MR) is 85.2 cm³/mol. The van der Waals surface area contributed by atoms with Gasteiger partial charge in [0.1, 0.15) is 5.69 Å². The van der Waals surface area contributed by atoms with Crippen LogP contribution in [0.4, 0.5) is 0 Å². The van der Waals surface area contributed by atoms with Crippen LogP contribution >= 0.6 is 0 Å². The molecule has 0 aliphatic carbocycles. The number of hydrogen-bond acceptors (Lipinski definition) is 5. The molecular formula is C17H25N3O3. The smallest absolute Gasteiger partial charge is 0.274 e. The van der Waals surface area contributed by atoms with E-state index in [9.17, 15) is 4.79 Å². The van der Waals surface area contributed by atoms with Crippen LogP contribution in [-0.2, 0) is 9.47 Å². The quantitative estimate of drug-likeness (QED) is 0.852. The van der Waals surface area contributed by atoms with E-state index < -0.39 is 0 Å². The molecule has 0 N–H and O–H groups in total. The van der Waals surface area contributed by atoms with E-state index in [1.807, 2.05) is 18.7 Å². The van der Waals surface area contributed by atoms with Crippen LogP contribution in [0.5, 0.6) is 0 Å². The number of hydrogen-bond donors (Lipinski definition) is 0. The average molecular weight is 319 g/mol. The summed E-state index contributed by atoms with van der Waals surface area (Å²) in [5, 5.41) is 0. The highest BCUT2D eigenvalue weighted by atomic mass is 16.5. The molecule has 23 heavy (non-hydrogen) atoms. The third-order valence-electron chi connectivity index (χ3n) is 4.81. The number of aromatic nitrogens is 2. The zero-order valence-electron chi connectivity index (χ0n) is 14.0. The molecule has 1 aromatic heterocycles. The van der Waals surface area contributed by atoms with Gasteiger partial charge in [0.15, 0.2) is 0 Å². The van der Waals surface area contributed by atoms with Gasteiger partial charge < -0.3 is 14.4 Å². The molecule has 126 valence electrons. The normalized spacial score (nSPS) is 23.9. The van der Waals surface area contributed by atoms with Crippen molar-refractivity contribution >= 4 is 5.91 Å². The van der Waals surface area contributed by atoms with E-state index in [1.165, 1.54) is 0 Å². The van der Waals surface area contributed by atoms with Gasteiger partial charge in [0.2, 0.25) is 0 Å². The first-order chi connectivity index (χ1) is 11.1. The standard InChI is InChI=1S/C17H25N3O3/c1-3-22-14-4-9-23-17(10-14)5-7-20(8-6-17)16(21)15-12-18-13(2)11-19-15/h11-12,14H,3-10H2,1-2H3/t14-/m1/s1. The lowest BCUT2D eigenvalue weighted by Crippen LogP contribution is -2.52. The Morgan fingerprint density at radius 1 is 1.39 bits per heavy atom. The number of rotatable bonds is 3. The van der Waals surface area contributed by atoms with Crippen molar-refractivity contribution in [1.29, 1.82) is 0 Å². The van der Waals surface area contributed by atoms with Crippen molar-refractivity contribution in [2.75, 3.05) is 26.3 Å². The molecule has 6 heteroatoms. The fraction of sp³-hybridized carbons (Fsp3) is 0.706. The van der Waals surface area contributed by atoms with Crippen LogP contribution in [-0.4, -0.2) is 58.8 Å². The van der Waals surface area contributed by atoms with Crippen LogP contribution in [0.3, 0.4) is 0 Å². The molecule has 3 rings (SSSR count).